The van der Waals surface area contributed by atoms with Crippen LogP contribution in [-0.2, 0) is 136 Å². The third kappa shape index (κ3) is 22.6. The summed E-state index contributed by atoms with van der Waals surface area (Å²) in [6, 6.07) is 62.7. The summed E-state index contributed by atoms with van der Waals surface area (Å²) in [7, 11) is 0. The molecule has 0 unspecified atom stereocenters. The van der Waals surface area contributed by atoms with E-state index in [4.69, 9.17) is 30.1 Å². The topological polar surface area (TPSA) is 170 Å². The molecule has 0 aliphatic carbocycles. The van der Waals surface area contributed by atoms with E-state index in [9.17, 15) is 9.59 Å². The molecule has 3 radical (unpaired) electrons. The van der Waals surface area contributed by atoms with Crippen molar-refractivity contribution in [2.45, 2.75) is 121 Å². The van der Waals surface area contributed by atoms with Crippen molar-refractivity contribution in [3.63, 3.8) is 0 Å². The number of aryl methyl sites for hydroxylation is 1. The van der Waals surface area contributed by atoms with Crippen LogP contribution in [0, 0.1) is 18.2 Å². The van der Waals surface area contributed by atoms with Gasteiger partial charge in [0.1, 0.15) is 0 Å². The van der Waals surface area contributed by atoms with E-state index in [1.165, 1.54) is 110 Å². The van der Waals surface area contributed by atoms with Crippen LogP contribution in [0.4, 0.5) is 0 Å². The predicted octanol–water partition coefficient (Wildman–Crippen LogP) is 16.3. The number of thiophene rings is 1. The SMILES string of the molecule is CC(=O)C=C(C)O.CC(=O)C=C(C)O.CCc1c2[n-]c(c1CC)C=c1[n-]c(c(CC)c1CC)=Cc1[n-]c(c(CC)c1CC)C=c1[n-]c(cc1CC)=C2.[Ir].[Ir].[Ir].[Pt+4].[c-]1c(-c2ccccn2)sc2ccccc12.[c-]1ccccc1-c1nccc2ccccc12.[c-]1ccccc1-c1nccc2ccccc12. The Morgan fingerprint density at radius 1 is 0.447 bits per heavy atom. The van der Waals surface area contributed by atoms with Gasteiger partial charge in [0.15, 0.2) is 11.6 Å². The van der Waals surface area contributed by atoms with Crippen LogP contribution in [-0.4, -0.2) is 36.7 Å². The number of pyridine rings is 3. The molecular formula is C87H84Ir3N7O4PtS-3. The fourth-order valence-electron chi connectivity index (χ4n) is 12.2. The summed E-state index contributed by atoms with van der Waals surface area (Å²) in [6.07, 6.45) is 23.3. The summed E-state index contributed by atoms with van der Waals surface area (Å²) in [5, 5.41) is 26.8. The van der Waals surface area contributed by atoms with Gasteiger partial charge in [-0.1, -0.05) is 191 Å². The first kappa shape index (κ1) is 85.3. The van der Waals surface area contributed by atoms with Crippen molar-refractivity contribution in [1.29, 1.82) is 0 Å². The van der Waals surface area contributed by atoms with E-state index in [-0.39, 0.29) is 104 Å². The Balaban J connectivity index is 0.000000246. The molecule has 8 bridgehead atoms. The van der Waals surface area contributed by atoms with Crippen LogP contribution in [0.25, 0.3) is 89.0 Å². The van der Waals surface area contributed by atoms with Crippen LogP contribution in [0.1, 0.15) is 138 Å². The summed E-state index contributed by atoms with van der Waals surface area (Å²) in [6.45, 7) is 21.3. The molecule has 1 aliphatic heterocycles. The van der Waals surface area contributed by atoms with E-state index < -0.39 is 0 Å². The fraction of sp³-hybridized carbons (Fsp3) is 0.207. The summed E-state index contributed by atoms with van der Waals surface area (Å²) < 4.78 is 1.26. The number of carbonyl (C=O) groups excluding carboxylic acids is 2. The molecule has 9 heterocycles. The second-order valence-corrected chi connectivity index (χ2v) is 24.6. The van der Waals surface area contributed by atoms with Crippen molar-refractivity contribution in [1.82, 2.24) is 34.9 Å². The average Bonchev–Trinajstić information content (AvgIpc) is 1.62. The van der Waals surface area contributed by atoms with Crippen LogP contribution >= 0.6 is 11.3 Å². The number of benzene rings is 5. The van der Waals surface area contributed by atoms with Gasteiger partial charge < -0.3 is 45.1 Å². The minimum Gasteiger partial charge on any atom is -0.658 e. The number of carbonyl (C=O) groups is 2. The van der Waals surface area contributed by atoms with Gasteiger partial charge in [-0.3, -0.25) is 9.59 Å². The molecule has 16 heteroatoms. The molecule has 11 nitrogen and oxygen atoms in total. The zero-order chi connectivity index (χ0) is 70.4. The van der Waals surface area contributed by atoms with Crippen molar-refractivity contribution in [2.24, 2.45) is 0 Å². The van der Waals surface area contributed by atoms with Crippen molar-refractivity contribution < 1.29 is 101 Å². The molecule has 1 aliphatic rings. The molecule has 103 heavy (non-hydrogen) atoms. The van der Waals surface area contributed by atoms with Gasteiger partial charge in [0, 0.05) is 96.8 Å². The second-order valence-electron chi connectivity index (χ2n) is 23.5. The standard InChI is InChI=1S/C34H40N4.2C15H10N.C13H8NS.2C5H8O2.3Ir.Pt/c1-8-20-15-21-16-29-22(9-2)23(10-3)31(36-29)18-33-26(13-6)27(14-7)34(38-33)19-32-25(12-5)24(11-4)30(37-32)17-28(20)35-21;2*1-2-7-13(8-3-1)15-14-9-5-4-6-12(14)10-11-16-15;1-2-7-12-10(5-1)9-13(15-12)11-6-3-4-8-14-11;2*1-4(6)3-5(2)7;;;;/h15-19H,8-14H2,1-7H3;2*1-7,9-11H;1-8H;2*3,6H,1-2H3;;;;/q-4;3*-1;;;;;;+4. The number of nitrogens with zero attached hydrogens (tertiary/aromatic N) is 7. The first-order valence-electron chi connectivity index (χ1n) is 33.9. The Hall–Kier alpha value is -8.31. The van der Waals surface area contributed by atoms with Crippen molar-refractivity contribution in [3.8, 4) is 33.1 Å². The first-order valence-corrected chi connectivity index (χ1v) is 34.7. The van der Waals surface area contributed by atoms with Crippen LogP contribution in [0.2, 0.25) is 0 Å². The maximum Gasteiger partial charge on any atom is 4.00 e. The second kappa shape index (κ2) is 42.5. The van der Waals surface area contributed by atoms with Gasteiger partial charge in [-0.15, -0.1) is 140 Å². The van der Waals surface area contributed by atoms with E-state index >= 15 is 0 Å². The average molecular weight is 2100 g/mol. The number of hydrogen-bond donors (Lipinski definition) is 2. The Morgan fingerprint density at radius 2 is 0.874 bits per heavy atom. The zero-order valence-corrected chi connectivity index (χ0v) is 70.0. The minimum atomic E-state index is -0.125. The van der Waals surface area contributed by atoms with Gasteiger partial charge in [0.25, 0.3) is 0 Å². The van der Waals surface area contributed by atoms with Crippen LogP contribution < -0.4 is 41.3 Å². The zero-order valence-electron chi connectivity index (χ0n) is 59.7. The maximum atomic E-state index is 10.0. The summed E-state index contributed by atoms with van der Waals surface area (Å²) >= 11 is 1.73. The number of allylic oxidation sites excluding steroid dienone is 4. The van der Waals surface area contributed by atoms with E-state index in [2.05, 4.69) is 154 Å². The number of hydrogen-bond acceptors (Lipinski definition) is 8. The largest absolute Gasteiger partial charge is 4.00 e. The Labute approximate surface area is 664 Å². The Kier molecular flexibility index (Phi) is 35.2. The van der Waals surface area contributed by atoms with Gasteiger partial charge in [-0.2, -0.15) is 0 Å². The molecule has 13 aromatic rings. The smallest absolute Gasteiger partial charge is 0.658 e. The summed E-state index contributed by atoms with van der Waals surface area (Å²) in [4.78, 5) is 55.0. The van der Waals surface area contributed by atoms with Crippen molar-refractivity contribution in [3.05, 3.63) is 301 Å². The number of aliphatic hydroxyl groups is 2. The van der Waals surface area contributed by atoms with Crippen molar-refractivity contribution >= 4 is 78.8 Å². The molecule has 0 saturated heterocycles. The molecule has 0 saturated carbocycles. The third-order valence-electron chi connectivity index (χ3n) is 16.5. The first-order chi connectivity index (χ1) is 48.1. The molecule has 2 N–H and O–H groups in total. The summed E-state index contributed by atoms with van der Waals surface area (Å²) in [5.41, 5.74) is 18.5. The third-order valence-corrected chi connectivity index (χ3v) is 17.6. The van der Waals surface area contributed by atoms with Gasteiger partial charge in [0.05, 0.1) is 11.5 Å². The number of fused-ring (bicyclic) bond motifs is 11. The van der Waals surface area contributed by atoms with Gasteiger partial charge in [-0.05, 0) is 133 Å². The monoisotopic (exact) mass is 2100 g/mol. The molecule has 5 aromatic carbocycles. The summed E-state index contributed by atoms with van der Waals surface area (Å²) in [5.74, 6) is -0.125. The van der Waals surface area contributed by atoms with Crippen LogP contribution in [0.3, 0.4) is 0 Å². The van der Waals surface area contributed by atoms with E-state index in [1.807, 2.05) is 128 Å². The number of ketones is 2. The van der Waals surface area contributed by atoms with Crippen molar-refractivity contribution in [2.75, 3.05) is 0 Å². The fourth-order valence-corrected chi connectivity index (χ4v) is 13.2. The molecule has 0 spiro atoms. The Bertz CT molecular complexity index is 5030. The molecule has 14 rings (SSSR count). The minimum absolute atomic E-state index is 0. The Morgan fingerprint density at radius 3 is 1.27 bits per heavy atom. The van der Waals surface area contributed by atoms with Crippen LogP contribution in [0.15, 0.2) is 200 Å². The number of aliphatic hydroxyl groups excluding tert-OH is 2. The van der Waals surface area contributed by atoms with Gasteiger partial charge in [0.2, 0.25) is 0 Å². The molecular weight excluding hydrogens is 2010 g/mol. The number of aromatic nitrogens is 7. The molecule has 0 atom stereocenters. The van der Waals surface area contributed by atoms with E-state index in [1.54, 1.807) is 11.3 Å². The number of rotatable bonds is 12. The maximum absolute atomic E-state index is 10.0. The van der Waals surface area contributed by atoms with Gasteiger partial charge >= 0.3 is 21.1 Å². The predicted molar refractivity (Wildman–Crippen MR) is 408 cm³/mol. The molecule has 8 aromatic heterocycles. The van der Waals surface area contributed by atoms with Crippen LogP contribution in [0.5, 0.6) is 0 Å². The van der Waals surface area contributed by atoms with Gasteiger partial charge in [-0.25, -0.2) is 11.3 Å². The molecule has 0 amide bonds. The molecule has 537 valence electrons. The molecule has 0 fully saturated rings. The van der Waals surface area contributed by atoms with E-state index in [0.717, 1.165) is 122 Å². The van der Waals surface area contributed by atoms with E-state index in [0.29, 0.717) is 0 Å². The normalized spacial score (nSPS) is 11.0. The quantitative estimate of drug-likeness (QED) is 0.0678.